The fourth-order valence-corrected chi connectivity index (χ4v) is 3.79. The van der Waals surface area contributed by atoms with Gasteiger partial charge in [0.2, 0.25) is 10.0 Å². The van der Waals surface area contributed by atoms with Gasteiger partial charge in [-0.05, 0) is 49.1 Å². The number of sulfonamides is 1. The van der Waals surface area contributed by atoms with Crippen molar-refractivity contribution in [3.05, 3.63) is 69.8 Å². The molecule has 0 saturated heterocycles. The van der Waals surface area contributed by atoms with Crippen LogP contribution in [0.15, 0.2) is 58.5 Å². The van der Waals surface area contributed by atoms with Crippen LogP contribution in [0.2, 0.25) is 0 Å². The quantitative estimate of drug-likeness (QED) is 0.357. The van der Waals surface area contributed by atoms with Crippen molar-refractivity contribution in [2.24, 2.45) is 11.0 Å². The minimum atomic E-state index is -3.88. The van der Waals surface area contributed by atoms with Crippen LogP contribution in [0.5, 0.6) is 0 Å². The Hall–Kier alpha value is -3.11. The fraction of sp³-hybridized carbons (Fsp3) is 0.300. The molecule has 0 unspecified atom stereocenters. The normalized spacial score (nSPS) is 12.8. The minimum Gasteiger partial charge on any atom is -0.271 e. The Kier molecular flexibility index (Phi) is 7.79. The Morgan fingerprint density at radius 1 is 1.13 bits per heavy atom. The van der Waals surface area contributed by atoms with Gasteiger partial charge in [0, 0.05) is 12.1 Å². The Bertz CT molecular complexity index is 1020. The zero-order chi connectivity index (χ0) is 22.3. The molecule has 0 saturated carbocycles. The smallest absolute Gasteiger partial charge is 0.269 e. The van der Waals surface area contributed by atoms with Crippen molar-refractivity contribution in [2.75, 3.05) is 0 Å². The third-order valence-electron chi connectivity index (χ3n) is 4.14. The summed E-state index contributed by atoms with van der Waals surface area (Å²) in [7, 11) is -3.88. The van der Waals surface area contributed by atoms with Gasteiger partial charge in [-0.2, -0.15) is 9.82 Å². The van der Waals surface area contributed by atoms with E-state index in [4.69, 9.17) is 0 Å². The number of carbonyl (C=O) groups is 1. The monoisotopic (exact) mass is 432 g/mol. The molecule has 9 nitrogen and oxygen atoms in total. The van der Waals surface area contributed by atoms with Crippen LogP contribution in [0.4, 0.5) is 5.69 Å². The van der Waals surface area contributed by atoms with Crippen molar-refractivity contribution >= 4 is 27.8 Å². The summed E-state index contributed by atoms with van der Waals surface area (Å²) in [5.41, 5.74) is 3.74. The van der Waals surface area contributed by atoms with Crippen LogP contribution in [0.3, 0.4) is 0 Å². The maximum Gasteiger partial charge on any atom is 0.269 e. The van der Waals surface area contributed by atoms with Gasteiger partial charge in [0.15, 0.2) is 0 Å². The number of non-ortho nitro benzene ring substituents is 1. The van der Waals surface area contributed by atoms with Gasteiger partial charge in [-0.3, -0.25) is 14.9 Å². The molecular weight excluding hydrogens is 408 g/mol. The van der Waals surface area contributed by atoms with E-state index in [2.05, 4.69) is 15.2 Å². The molecule has 30 heavy (non-hydrogen) atoms. The summed E-state index contributed by atoms with van der Waals surface area (Å²) in [6.07, 6.45) is 1.60. The second-order valence-electron chi connectivity index (χ2n) is 7.20. The largest absolute Gasteiger partial charge is 0.271 e. The van der Waals surface area contributed by atoms with Crippen LogP contribution in [0.25, 0.3) is 0 Å². The van der Waals surface area contributed by atoms with Crippen molar-refractivity contribution in [2.45, 2.75) is 38.1 Å². The molecule has 0 aliphatic carbocycles. The van der Waals surface area contributed by atoms with Crippen molar-refractivity contribution in [3.8, 4) is 0 Å². The van der Waals surface area contributed by atoms with Crippen LogP contribution in [-0.2, 0) is 14.8 Å². The Labute approximate surface area is 175 Å². The number of aryl methyl sites for hydroxylation is 1. The minimum absolute atomic E-state index is 0.0557. The first-order valence-electron chi connectivity index (χ1n) is 9.25. The fourth-order valence-electron chi connectivity index (χ4n) is 2.58. The van der Waals surface area contributed by atoms with E-state index in [1.165, 1.54) is 42.6 Å². The number of benzene rings is 2. The zero-order valence-corrected chi connectivity index (χ0v) is 17.7. The molecule has 0 bridgehead atoms. The van der Waals surface area contributed by atoms with Gasteiger partial charge in [-0.15, -0.1) is 0 Å². The van der Waals surface area contributed by atoms with Crippen molar-refractivity contribution in [1.29, 1.82) is 0 Å². The molecule has 2 rings (SSSR count). The van der Waals surface area contributed by atoms with Gasteiger partial charge in [0.05, 0.1) is 16.0 Å². The van der Waals surface area contributed by atoms with E-state index in [9.17, 15) is 23.3 Å². The molecule has 2 aromatic rings. The summed E-state index contributed by atoms with van der Waals surface area (Å²) >= 11 is 0. The van der Waals surface area contributed by atoms with Crippen molar-refractivity contribution in [3.63, 3.8) is 0 Å². The number of hydrogen-bond donors (Lipinski definition) is 2. The summed E-state index contributed by atoms with van der Waals surface area (Å²) in [6.45, 7) is 5.60. The van der Waals surface area contributed by atoms with Gasteiger partial charge in [0.1, 0.15) is 6.04 Å². The molecule has 160 valence electrons. The first kappa shape index (κ1) is 23.2. The van der Waals surface area contributed by atoms with E-state index >= 15 is 0 Å². The lowest BCUT2D eigenvalue weighted by molar-refractivity contribution is -0.384. The summed E-state index contributed by atoms with van der Waals surface area (Å²) in [5.74, 6) is -0.544. The summed E-state index contributed by atoms with van der Waals surface area (Å²) < 4.78 is 27.7. The average Bonchev–Trinajstić information content (AvgIpc) is 2.67. The number of hydrogen-bond acceptors (Lipinski definition) is 6. The number of carbonyl (C=O) groups excluding carboxylic acids is 1. The highest BCUT2D eigenvalue weighted by atomic mass is 32.2. The highest BCUT2D eigenvalue weighted by Crippen LogP contribution is 2.14. The Balaban J connectivity index is 2.09. The number of hydrazone groups is 1. The average molecular weight is 433 g/mol. The molecule has 0 aliphatic rings. The lowest BCUT2D eigenvalue weighted by Crippen LogP contribution is -2.46. The van der Waals surface area contributed by atoms with E-state index < -0.39 is 26.9 Å². The molecular formula is C20H24N4O5S. The first-order chi connectivity index (χ1) is 14.1. The van der Waals surface area contributed by atoms with Crippen molar-refractivity contribution in [1.82, 2.24) is 10.1 Å². The molecule has 10 heteroatoms. The Morgan fingerprint density at radius 3 is 2.27 bits per heavy atom. The highest BCUT2D eigenvalue weighted by molar-refractivity contribution is 7.89. The molecule has 1 amide bonds. The standard InChI is InChI=1S/C20H24N4O5S/c1-14(2)12-19(23-30(28,29)18-10-4-15(3)5-11-18)20(25)22-21-13-16-6-8-17(9-7-16)24(26)27/h4-11,13-14,19,23H,12H2,1-3H3,(H,22,25)/b21-13-/t19-/m1/s1. The molecule has 0 spiro atoms. The highest BCUT2D eigenvalue weighted by Gasteiger charge is 2.26. The topological polar surface area (TPSA) is 131 Å². The second-order valence-corrected chi connectivity index (χ2v) is 8.91. The van der Waals surface area contributed by atoms with Gasteiger partial charge >= 0.3 is 0 Å². The van der Waals surface area contributed by atoms with Gasteiger partial charge in [0.25, 0.3) is 11.6 Å². The SMILES string of the molecule is Cc1ccc(S(=O)(=O)N[C@H](CC(C)C)C(=O)N/N=C\c2ccc([N+](=O)[O-])cc2)cc1. The second kappa shape index (κ2) is 10.1. The number of nitrogens with one attached hydrogen (secondary N) is 2. The molecule has 1 atom stereocenters. The zero-order valence-electron chi connectivity index (χ0n) is 16.9. The molecule has 0 aliphatic heterocycles. The molecule has 0 fully saturated rings. The number of amides is 1. The maximum atomic E-state index is 12.6. The van der Waals surface area contributed by atoms with E-state index in [0.29, 0.717) is 5.56 Å². The maximum absolute atomic E-state index is 12.6. The lowest BCUT2D eigenvalue weighted by atomic mass is 10.0. The van der Waals surface area contributed by atoms with E-state index in [0.717, 1.165) is 5.56 Å². The van der Waals surface area contributed by atoms with E-state index in [1.807, 2.05) is 20.8 Å². The van der Waals surface area contributed by atoms with Gasteiger partial charge < -0.3 is 0 Å². The molecule has 0 heterocycles. The molecule has 2 aromatic carbocycles. The lowest BCUT2D eigenvalue weighted by Gasteiger charge is -2.19. The molecule has 0 aromatic heterocycles. The predicted octanol–water partition coefficient (Wildman–Crippen LogP) is 2.75. The van der Waals surface area contributed by atoms with E-state index in [1.54, 1.807) is 12.1 Å². The van der Waals surface area contributed by atoms with Crippen molar-refractivity contribution < 1.29 is 18.1 Å². The molecule has 0 radical (unpaired) electrons. The summed E-state index contributed by atoms with van der Waals surface area (Å²) in [6, 6.07) is 10.9. The van der Waals surface area contributed by atoms with Crippen LogP contribution < -0.4 is 10.1 Å². The Morgan fingerprint density at radius 2 is 1.73 bits per heavy atom. The number of nitro benzene ring substituents is 1. The van der Waals surface area contributed by atoms with Crippen LogP contribution >= 0.6 is 0 Å². The third-order valence-corrected chi connectivity index (χ3v) is 5.63. The van der Waals surface area contributed by atoms with E-state index in [-0.39, 0.29) is 22.9 Å². The van der Waals surface area contributed by atoms with Gasteiger partial charge in [-0.1, -0.05) is 31.5 Å². The number of nitrogens with zero attached hydrogens (tertiary/aromatic N) is 2. The summed E-state index contributed by atoms with van der Waals surface area (Å²) in [5, 5.41) is 14.5. The number of nitro groups is 1. The molecule has 2 N–H and O–H groups in total. The van der Waals surface area contributed by atoms with Crippen LogP contribution in [-0.4, -0.2) is 31.5 Å². The number of rotatable bonds is 9. The van der Waals surface area contributed by atoms with Crippen LogP contribution in [0, 0.1) is 23.0 Å². The van der Waals surface area contributed by atoms with Crippen LogP contribution in [0.1, 0.15) is 31.4 Å². The predicted molar refractivity (Wildman–Crippen MR) is 114 cm³/mol. The summed E-state index contributed by atoms with van der Waals surface area (Å²) in [4.78, 5) is 22.8. The first-order valence-corrected chi connectivity index (χ1v) is 10.7. The van der Waals surface area contributed by atoms with Gasteiger partial charge in [-0.25, -0.2) is 13.8 Å². The third kappa shape index (κ3) is 6.75.